The molecule has 1 N–H and O–H groups in total. The molecule has 102 valence electrons. The van der Waals surface area contributed by atoms with Crippen molar-refractivity contribution in [3.05, 3.63) is 65.7 Å². The Morgan fingerprint density at radius 1 is 1.05 bits per heavy atom. The van der Waals surface area contributed by atoms with E-state index in [4.69, 9.17) is 0 Å². The largest absolute Gasteiger partial charge is 0.344 e. The molecule has 1 aliphatic heterocycles. The van der Waals surface area contributed by atoms with E-state index in [2.05, 4.69) is 78.8 Å². The summed E-state index contributed by atoms with van der Waals surface area (Å²) < 4.78 is 0. The van der Waals surface area contributed by atoms with Crippen LogP contribution < -0.4 is 5.32 Å². The molecule has 0 saturated carbocycles. The van der Waals surface area contributed by atoms with E-state index in [1.807, 2.05) is 0 Å². The minimum atomic E-state index is -0.0168. The van der Waals surface area contributed by atoms with Crippen molar-refractivity contribution in [3.63, 3.8) is 0 Å². The first-order valence-electron chi connectivity index (χ1n) is 7.19. The maximum Gasteiger partial charge on any atom is 0.102 e. The second-order valence-corrected chi connectivity index (χ2v) is 5.47. The van der Waals surface area contributed by atoms with E-state index in [1.54, 1.807) is 0 Å². The monoisotopic (exact) mass is 264 g/mol. The van der Waals surface area contributed by atoms with Gasteiger partial charge in [0.05, 0.1) is 0 Å². The van der Waals surface area contributed by atoms with Crippen molar-refractivity contribution in [2.45, 2.75) is 25.7 Å². The summed E-state index contributed by atoms with van der Waals surface area (Å²) in [5.41, 5.74) is 3.85. The van der Waals surface area contributed by atoms with Gasteiger partial charge in [-0.25, -0.2) is 0 Å². The topological polar surface area (TPSA) is 24.4 Å². The Labute approximate surface area is 120 Å². The highest BCUT2D eigenvalue weighted by Crippen LogP contribution is 2.42. The van der Waals surface area contributed by atoms with Crippen LogP contribution in [-0.2, 0) is 5.41 Å². The van der Waals surface area contributed by atoms with Gasteiger partial charge >= 0.3 is 0 Å². The number of nitrogens with zero attached hydrogens (tertiary/aromatic N) is 1. The number of amidine groups is 1. The molecule has 20 heavy (non-hydrogen) atoms. The molecule has 2 aromatic rings. The van der Waals surface area contributed by atoms with Crippen LogP contribution in [0.1, 0.15) is 31.4 Å². The molecule has 1 aliphatic rings. The van der Waals surface area contributed by atoms with E-state index in [0.29, 0.717) is 0 Å². The SMILES string of the molecule is CCN=C1CC(C)(c2ccccc2)c2ccccc2N1. The van der Waals surface area contributed by atoms with E-state index in [1.165, 1.54) is 16.8 Å². The molecule has 2 nitrogen and oxygen atoms in total. The Morgan fingerprint density at radius 3 is 2.50 bits per heavy atom. The van der Waals surface area contributed by atoms with Gasteiger partial charge in [0, 0.05) is 24.1 Å². The Kier molecular flexibility index (Phi) is 3.31. The summed E-state index contributed by atoms with van der Waals surface area (Å²) in [4.78, 5) is 4.61. The normalized spacial score (nSPS) is 23.2. The van der Waals surface area contributed by atoms with Crippen LogP contribution in [0.5, 0.6) is 0 Å². The van der Waals surface area contributed by atoms with Crippen LogP contribution in [0.15, 0.2) is 59.6 Å². The van der Waals surface area contributed by atoms with E-state index in [9.17, 15) is 0 Å². The van der Waals surface area contributed by atoms with Crippen molar-refractivity contribution < 1.29 is 0 Å². The van der Waals surface area contributed by atoms with Gasteiger partial charge in [0.1, 0.15) is 5.84 Å². The molecule has 1 atom stereocenters. The second-order valence-electron chi connectivity index (χ2n) is 5.47. The molecule has 0 saturated heterocycles. The molecular weight excluding hydrogens is 244 g/mol. The van der Waals surface area contributed by atoms with Crippen LogP contribution >= 0.6 is 0 Å². The molecular formula is C18H20N2. The predicted molar refractivity (Wildman–Crippen MR) is 85.6 cm³/mol. The van der Waals surface area contributed by atoms with Gasteiger partial charge in [0.25, 0.3) is 0 Å². The van der Waals surface area contributed by atoms with Gasteiger partial charge in [-0.05, 0) is 24.1 Å². The van der Waals surface area contributed by atoms with E-state index in [-0.39, 0.29) is 5.41 Å². The van der Waals surface area contributed by atoms with Gasteiger partial charge in [-0.3, -0.25) is 4.99 Å². The summed E-state index contributed by atoms with van der Waals surface area (Å²) in [6.07, 6.45) is 0.919. The molecule has 0 bridgehead atoms. The third-order valence-electron chi connectivity index (χ3n) is 4.08. The molecule has 0 aliphatic carbocycles. The minimum Gasteiger partial charge on any atom is -0.344 e. The lowest BCUT2D eigenvalue weighted by Gasteiger charge is -2.37. The Hall–Kier alpha value is -2.09. The zero-order chi connectivity index (χ0) is 14.0. The first kappa shape index (κ1) is 12.9. The molecule has 1 unspecified atom stereocenters. The molecule has 0 fully saturated rings. The lowest BCUT2D eigenvalue weighted by Crippen LogP contribution is -2.36. The Bertz CT molecular complexity index is 631. The third-order valence-corrected chi connectivity index (χ3v) is 4.08. The number of aliphatic imine (C=N–C) groups is 1. The highest BCUT2D eigenvalue weighted by molar-refractivity contribution is 6.00. The van der Waals surface area contributed by atoms with Crippen LogP contribution in [0.2, 0.25) is 0 Å². The van der Waals surface area contributed by atoms with E-state index < -0.39 is 0 Å². The van der Waals surface area contributed by atoms with Crippen molar-refractivity contribution in [1.82, 2.24) is 0 Å². The fourth-order valence-corrected chi connectivity index (χ4v) is 3.05. The highest BCUT2D eigenvalue weighted by Gasteiger charge is 2.36. The lowest BCUT2D eigenvalue weighted by atomic mass is 9.71. The van der Waals surface area contributed by atoms with Crippen molar-refractivity contribution in [2.24, 2.45) is 4.99 Å². The van der Waals surface area contributed by atoms with E-state index >= 15 is 0 Å². The predicted octanol–water partition coefficient (Wildman–Crippen LogP) is 4.23. The number of anilines is 1. The number of rotatable bonds is 2. The van der Waals surface area contributed by atoms with Crippen LogP contribution in [0.3, 0.4) is 0 Å². The molecule has 2 heteroatoms. The fraction of sp³-hybridized carbons (Fsp3) is 0.278. The zero-order valence-electron chi connectivity index (χ0n) is 12.1. The molecule has 0 spiro atoms. The van der Waals surface area contributed by atoms with Crippen molar-refractivity contribution in [1.29, 1.82) is 0 Å². The van der Waals surface area contributed by atoms with Crippen molar-refractivity contribution >= 4 is 11.5 Å². The number of nitrogens with one attached hydrogen (secondary N) is 1. The second kappa shape index (κ2) is 5.12. The fourth-order valence-electron chi connectivity index (χ4n) is 3.05. The summed E-state index contributed by atoms with van der Waals surface area (Å²) in [5.74, 6) is 1.08. The number of benzene rings is 2. The zero-order valence-corrected chi connectivity index (χ0v) is 12.1. The minimum absolute atomic E-state index is 0.0168. The number of hydrogen-bond donors (Lipinski definition) is 1. The summed E-state index contributed by atoms with van der Waals surface area (Å²) >= 11 is 0. The Balaban J connectivity index is 2.16. The molecule has 0 aromatic heterocycles. The van der Waals surface area contributed by atoms with Crippen LogP contribution in [0.25, 0.3) is 0 Å². The van der Waals surface area contributed by atoms with Crippen molar-refractivity contribution in [3.8, 4) is 0 Å². The summed E-state index contributed by atoms with van der Waals surface area (Å²) in [5, 5.41) is 3.47. The lowest BCUT2D eigenvalue weighted by molar-refractivity contribution is 0.589. The standard InChI is InChI=1S/C18H20N2/c1-3-19-17-13-18(2,14-9-5-4-6-10-14)15-11-7-8-12-16(15)20-17/h4-12H,3,13H2,1-2H3,(H,19,20). The first-order valence-corrected chi connectivity index (χ1v) is 7.19. The first-order chi connectivity index (χ1) is 9.74. The number of para-hydroxylation sites is 1. The van der Waals surface area contributed by atoms with E-state index in [0.717, 1.165) is 18.8 Å². The van der Waals surface area contributed by atoms with Gasteiger partial charge < -0.3 is 5.32 Å². The smallest absolute Gasteiger partial charge is 0.102 e. The average Bonchev–Trinajstić information content (AvgIpc) is 2.49. The molecule has 0 amide bonds. The van der Waals surface area contributed by atoms with Gasteiger partial charge in [-0.2, -0.15) is 0 Å². The van der Waals surface area contributed by atoms with Gasteiger partial charge in [-0.1, -0.05) is 55.5 Å². The Morgan fingerprint density at radius 2 is 1.75 bits per heavy atom. The quantitative estimate of drug-likeness (QED) is 0.862. The van der Waals surface area contributed by atoms with Crippen LogP contribution in [-0.4, -0.2) is 12.4 Å². The molecule has 0 radical (unpaired) electrons. The summed E-state index contributed by atoms with van der Waals surface area (Å²) in [6, 6.07) is 19.3. The maximum absolute atomic E-state index is 4.61. The van der Waals surface area contributed by atoms with Crippen LogP contribution in [0, 0.1) is 0 Å². The van der Waals surface area contributed by atoms with Crippen molar-refractivity contribution in [2.75, 3.05) is 11.9 Å². The molecule has 3 rings (SSSR count). The van der Waals surface area contributed by atoms with Gasteiger partial charge in [0.15, 0.2) is 0 Å². The highest BCUT2D eigenvalue weighted by atomic mass is 15.0. The average molecular weight is 264 g/mol. The number of hydrogen-bond acceptors (Lipinski definition) is 1. The third kappa shape index (κ3) is 2.11. The summed E-state index contributed by atoms with van der Waals surface area (Å²) in [7, 11) is 0. The summed E-state index contributed by atoms with van der Waals surface area (Å²) in [6.45, 7) is 5.21. The maximum atomic E-state index is 4.61. The van der Waals surface area contributed by atoms with Crippen LogP contribution in [0.4, 0.5) is 5.69 Å². The molecule has 1 heterocycles. The number of fused-ring (bicyclic) bond motifs is 1. The van der Waals surface area contributed by atoms with Gasteiger partial charge in [0.2, 0.25) is 0 Å². The van der Waals surface area contributed by atoms with Gasteiger partial charge in [-0.15, -0.1) is 0 Å². The molecule has 2 aromatic carbocycles.